The molecule has 2 unspecified atom stereocenters. The van der Waals surface area contributed by atoms with Crippen LogP contribution in [0.15, 0.2) is 0 Å². The Morgan fingerprint density at radius 2 is 1.89 bits per heavy atom. The molecule has 0 aliphatic heterocycles. The van der Waals surface area contributed by atoms with Gasteiger partial charge in [0, 0.05) is 7.11 Å². The molecule has 2 fully saturated rings. The van der Waals surface area contributed by atoms with Crippen molar-refractivity contribution in [2.45, 2.75) is 64.4 Å². The Hall–Kier alpha value is -0.570. The molecule has 0 amide bonds. The molecular weight excluding hydrogens is 228 g/mol. The summed E-state index contributed by atoms with van der Waals surface area (Å²) >= 11 is 0. The van der Waals surface area contributed by atoms with Gasteiger partial charge in [-0.15, -0.1) is 0 Å². The topological polar surface area (TPSA) is 46.5 Å². The van der Waals surface area contributed by atoms with E-state index >= 15 is 0 Å². The third-order valence-corrected chi connectivity index (χ3v) is 5.33. The summed E-state index contributed by atoms with van der Waals surface area (Å²) in [6, 6.07) is 0. The summed E-state index contributed by atoms with van der Waals surface area (Å²) in [6.45, 7) is 2.24. The SMILES string of the molecule is COC1CCCC(C2(C(=O)O)CCC(C)CC2)C1. The average Bonchev–Trinajstić information content (AvgIpc) is 2.39. The number of carboxylic acids is 1. The average molecular weight is 254 g/mol. The van der Waals surface area contributed by atoms with Crippen LogP contribution in [0.2, 0.25) is 0 Å². The van der Waals surface area contributed by atoms with Gasteiger partial charge in [-0.05, 0) is 56.8 Å². The molecule has 2 atom stereocenters. The van der Waals surface area contributed by atoms with Crippen molar-refractivity contribution in [1.82, 2.24) is 0 Å². The van der Waals surface area contributed by atoms with Crippen LogP contribution in [-0.4, -0.2) is 24.3 Å². The predicted molar refractivity (Wildman–Crippen MR) is 70.5 cm³/mol. The molecule has 2 rings (SSSR count). The van der Waals surface area contributed by atoms with Crippen LogP contribution >= 0.6 is 0 Å². The highest BCUT2D eigenvalue weighted by atomic mass is 16.5. The maximum absolute atomic E-state index is 11.8. The minimum atomic E-state index is -0.559. The standard InChI is InChI=1S/C15H26O3/c1-11-6-8-15(9-7-11,14(16)17)12-4-3-5-13(10-12)18-2/h11-13H,3-10H2,1-2H3,(H,16,17). The highest BCUT2D eigenvalue weighted by Gasteiger charge is 2.48. The van der Waals surface area contributed by atoms with E-state index in [-0.39, 0.29) is 6.10 Å². The van der Waals surface area contributed by atoms with E-state index in [1.54, 1.807) is 7.11 Å². The van der Waals surface area contributed by atoms with Crippen molar-refractivity contribution in [3.63, 3.8) is 0 Å². The van der Waals surface area contributed by atoms with Crippen molar-refractivity contribution < 1.29 is 14.6 Å². The van der Waals surface area contributed by atoms with E-state index in [4.69, 9.17) is 4.74 Å². The number of hydrogen-bond acceptors (Lipinski definition) is 2. The van der Waals surface area contributed by atoms with Crippen LogP contribution in [-0.2, 0) is 9.53 Å². The zero-order valence-electron chi connectivity index (χ0n) is 11.7. The van der Waals surface area contributed by atoms with Gasteiger partial charge in [0.2, 0.25) is 0 Å². The van der Waals surface area contributed by atoms with Gasteiger partial charge in [0.25, 0.3) is 0 Å². The zero-order chi connectivity index (χ0) is 13.2. The lowest BCUT2D eigenvalue weighted by atomic mass is 9.60. The van der Waals surface area contributed by atoms with Gasteiger partial charge in [0.05, 0.1) is 11.5 Å². The van der Waals surface area contributed by atoms with Gasteiger partial charge in [0.15, 0.2) is 0 Å². The van der Waals surface area contributed by atoms with Crippen LogP contribution in [0, 0.1) is 17.3 Å². The molecule has 0 heterocycles. The van der Waals surface area contributed by atoms with Crippen LogP contribution in [0.4, 0.5) is 0 Å². The largest absolute Gasteiger partial charge is 0.481 e. The van der Waals surface area contributed by atoms with Gasteiger partial charge in [0.1, 0.15) is 0 Å². The lowest BCUT2D eigenvalue weighted by Gasteiger charge is -2.44. The molecule has 18 heavy (non-hydrogen) atoms. The quantitative estimate of drug-likeness (QED) is 0.838. The first kappa shape index (κ1) is 13.9. The van der Waals surface area contributed by atoms with Crippen LogP contribution < -0.4 is 0 Å². The van der Waals surface area contributed by atoms with E-state index < -0.39 is 11.4 Å². The van der Waals surface area contributed by atoms with Gasteiger partial charge in [-0.25, -0.2) is 0 Å². The molecule has 0 aromatic heterocycles. The van der Waals surface area contributed by atoms with Crippen LogP contribution in [0.25, 0.3) is 0 Å². The van der Waals surface area contributed by atoms with E-state index in [2.05, 4.69) is 6.92 Å². The Morgan fingerprint density at radius 3 is 2.44 bits per heavy atom. The normalized spacial score (nSPS) is 41.6. The fourth-order valence-corrected chi connectivity index (χ4v) is 3.93. The highest BCUT2D eigenvalue weighted by molar-refractivity contribution is 5.75. The lowest BCUT2D eigenvalue weighted by Crippen LogP contribution is -2.44. The molecule has 1 N–H and O–H groups in total. The van der Waals surface area contributed by atoms with Crippen molar-refractivity contribution >= 4 is 5.97 Å². The monoisotopic (exact) mass is 254 g/mol. The fourth-order valence-electron chi connectivity index (χ4n) is 3.93. The maximum Gasteiger partial charge on any atom is 0.309 e. The van der Waals surface area contributed by atoms with E-state index in [9.17, 15) is 9.90 Å². The smallest absolute Gasteiger partial charge is 0.309 e. The Balaban J connectivity index is 2.12. The Kier molecular flexibility index (Phi) is 4.31. The summed E-state index contributed by atoms with van der Waals surface area (Å²) in [5.41, 5.74) is -0.455. The van der Waals surface area contributed by atoms with Crippen LogP contribution in [0.1, 0.15) is 58.3 Å². The van der Waals surface area contributed by atoms with Gasteiger partial charge in [-0.3, -0.25) is 4.79 Å². The van der Waals surface area contributed by atoms with Gasteiger partial charge >= 0.3 is 5.97 Å². The lowest BCUT2D eigenvalue weighted by molar-refractivity contribution is -0.158. The Bertz CT molecular complexity index is 292. The van der Waals surface area contributed by atoms with Crippen molar-refractivity contribution in [2.24, 2.45) is 17.3 Å². The summed E-state index contributed by atoms with van der Waals surface area (Å²) in [5, 5.41) is 9.75. The molecule has 104 valence electrons. The van der Waals surface area contributed by atoms with Gasteiger partial charge in [-0.1, -0.05) is 13.3 Å². The molecule has 2 aliphatic carbocycles. The number of rotatable bonds is 3. The first-order valence-electron chi connectivity index (χ1n) is 7.34. The molecule has 3 heteroatoms. The molecule has 0 spiro atoms. The maximum atomic E-state index is 11.8. The van der Waals surface area contributed by atoms with Crippen molar-refractivity contribution in [3.05, 3.63) is 0 Å². The fraction of sp³-hybridized carbons (Fsp3) is 0.933. The Labute approximate surface area is 110 Å². The van der Waals surface area contributed by atoms with Gasteiger partial charge in [-0.2, -0.15) is 0 Å². The summed E-state index contributed by atoms with van der Waals surface area (Å²) in [4.78, 5) is 11.8. The number of aliphatic carboxylic acids is 1. The molecule has 2 saturated carbocycles. The number of hydrogen-bond donors (Lipinski definition) is 1. The molecule has 0 aromatic carbocycles. The Morgan fingerprint density at radius 1 is 1.22 bits per heavy atom. The molecule has 2 aliphatic rings. The second-order valence-corrected chi connectivity index (χ2v) is 6.37. The number of carbonyl (C=O) groups is 1. The highest BCUT2D eigenvalue weighted by Crippen LogP contribution is 2.49. The zero-order valence-corrected chi connectivity index (χ0v) is 11.7. The summed E-state index contributed by atoms with van der Waals surface area (Å²) in [7, 11) is 1.75. The van der Waals surface area contributed by atoms with E-state index in [1.165, 1.54) is 0 Å². The second kappa shape index (κ2) is 5.60. The van der Waals surface area contributed by atoms with Crippen molar-refractivity contribution in [1.29, 1.82) is 0 Å². The number of ether oxygens (including phenoxy) is 1. The minimum Gasteiger partial charge on any atom is -0.481 e. The molecule has 0 bridgehead atoms. The molecule has 3 nitrogen and oxygen atoms in total. The summed E-state index contributed by atoms with van der Waals surface area (Å²) < 4.78 is 5.47. The first-order chi connectivity index (χ1) is 8.58. The van der Waals surface area contributed by atoms with Crippen LogP contribution in [0.5, 0.6) is 0 Å². The third kappa shape index (κ3) is 2.56. The summed E-state index contributed by atoms with van der Waals surface area (Å²) in [6.07, 6.45) is 8.38. The number of methoxy groups -OCH3 is 1. The van der Waals surface area contributed by atoms with Crippen LogP contribution in [0.3, 0.4) is 0 Å². The number of carboxylic acid groups (broad SMARTS) is 1. The van der Waals surface area contributed by atoms with E-state index in [0.29, 0.717) is 11.8 Å². The van der Waals surface area contributed by atoms with Gasteiger partial charge < -0.3 is 9.84 Å². The van der Waals surface area contributed by atoms with E-state index in [1.807, 2.05) is 0 Å². The predicted octanol–water partition coefficient (Wildman–Crippen LogP) is 3.47. The molecule has 0 saturated heterocycles. The first-order valence-corrected chi connectivity index (χ1v) is 7.34. The third-order valence-electron chi connectivity index (χ3n) is 5.33. The minimum absolute atomic E-state index is 0.277. The van der Waals surface area contributed by atoms with Crippen molar-refractivity contribution in [3.8, 4) is 0 Å². The molecule has 0 radical (unpaired) electrons. The van der Waals surface area contributed by atoms with Crippen molar-refractivity contribution in [2.75, 3.05) is 7.11 Å². The second-order valence-electron chi connectivity index (χ2n) is 6.37. The molecule has 0 aromatic rings. The summed E-state index contributed by atoms with van der Waals surface area (Å²) in [5.74, 6) is 0.455. The molecular formula is C15H26O3. The van der Waals surface area contributed by atoms with E-state index in [0.717, 1.165) is 51.4 Å².